The average molecular weight is 232 g/mol. The zero-order valence-electron chi connectivity index (χ0n) is 10.2. The van der Waals surface area contributed by atoms with Gasteiger partial charge in [-0.15, -0.1) is 0 Å². The van der Waals surface area contributed by atoms with Gasteiger partial charge in [-0.05, 0) is 25.7 Å². The summed E-state index contributed by atoms with van der Waals surface area (Å²) in [5.74, 6) is 8.50. The number of nitrogens with two attached hydrogens (primary N) is 1. The number of hydrazine groups is 1. The van der Waals surface area contributed by atoms with E-state index in [9.17, 15) is 0 Å². The molecule has 0 spiro atoms. The molecule has 4 nitrogen and oxygen atoms in total. The first-order chi connectivity index (χ1) is 8.36. The van der Waals surface area contributed by atoms with Gasteiger partial charge in [0.05, 0.1) is 0 Å². The average Bonchev–Trinajstić information content (AvgIpc) is 2.79. The zero-order chi connectivity index (χ0) is 11.7. The van der Waals surface area contributed by atoms with Crippen LogP contribution in [0.25, 0.3) is 0 Å². The molecule has 2 aliphatic carbocycles. The monoisotopic (exact) mass is 232 g/mol. The molecule has 92 valence electrons. The summed E-state index contributed by atoms with van der Waals surface area (Å²) in [6.45, 7) is 0. The predicted octanol–water partition coefficient (Wildman–Crippen LogP) is 2.69. The van der Waals surface area contributed by atoms with Crippen molar-refractivity contribution in [2.24, 2.45) is 5.84 Å². The highest BCUT2D eigenvalue weighted by molar-refractivity contribution is 5.36. The van der Waals surface area contributed by atoms with Crippen molar-refractivity contribution in [2.75, 3.05) is 5.43 Å². The Morgan fingerprint density at radius 3 is 2.29 bits per heavy atom. The summed E-state index contributed by atoms with van der Waals surface area (Å²) in [7, 11) is 0. The molecule has 2 aliphatic rings. The molecule has 0 atom stereocenters. The summed E-state index contributed by atoms with van der Waals surface area (Å²) in [6.07, 6.45) is 8.98. The van der Waals surface area contributed by atoms with Crippen LogP contribution in [0.5, 0.6) is 0 Å². The fraction of sp³-hybridized carbons (Fsp3) is 0.692. The predicted molar refractivity (Wildman–Crippen MR) is 67.6 cm³/mol. The fourth-order valence-corrected chi connectivity index (χ4v) is 2.84. The Morgan fingerprint density at radius 1 is 1.00 bits per heavy atom. The van der Waals surface area contributed by atoms with E-state index in [1.54, 1.807) is 0 Å². The third-order valence-corrected chi connectivity index (χ3v) is 4.15. The maximum Gasteiger partial charge on any atom is 0.143 e. The molecule has 1 aromatic rings. The van der Waals surface area contributed by atoms with Crippen molar-refractivity contribution in [1.29, 1.82) is 0 Å². The van der Waals surface area contributed by atoms with Crippen molar-refractivity contribution in [3.8, 4) is 0 Å². The number of anilines is 1. The highest BCUT2D eigenvalue weighted by atomic mass is 15.3. The number of nitrogens with one attached hydrogen (secondary N) is 1. The molecule has 0 saturated heterocycles. The van der Waals surface area contributed by atoms with Gasteiger partial charge in [0, 0.05) is 23.6 Å². The third kappa shape index (κ3) is 2.14. The van der Waals surface area contributed by atoms with Gasteiger partial charge in [-0.25, -0.2) is 15.8 Å². The third-order valence-electron chi connectivity index (χ3n) is 4.15. The summed E-state index contributed by atoms with van der Waals surface area (Å²) >= 11 is 0. The van der Waals surface area contributed by atoms with Crippen LogP contribution in [0.4, 0.5) is 5.82 Å². The van der Waals surface area contributed by atoms with E-state index in [-0.39, 0.29) is 0 Å². The highest BCUT2D eigenvalue weighted by Crippen LogP contribution is 2.38. The number of nitrogen functional groups attached to an aromatic ring is 1. The van der Waals surface area contributed by atoms with Gasteiger partial charge in [-0.1, -0.05) is 19.3 Å². The topological polar surface area (TPSA) is 63.8 Å². The van der Waals surface area contributed by atoms with Gasteiger partial charge < -0.3 is 5.43 Å². The van der Waals surface area contributed by atoms with Crippen LogP contribution in [0.2, 0.25) is 0 Å². The first-order valence-electron chi connectivity index (χ1n) is 6.72. The molecular formula is C13H20N4. The molecule has 0 radical (unpaired) electrons. The van der Waals surface area contributed by atoms with Gasteiger partial charge >= 0.3 is 0 Å². The van der Waals surface area contributed by atoms with Gasteiger partial charge in [0.2, 0.25) is 0 Å². The zero-order valence-corrected chi connectivity index (χ0v) is 10.2. The lowest BCUT2D eigenvalue weighted by molar-refractivity contribution is 0.399. The van der Waals surface area contributed by atoms with Gasteiger partial charge in [-0.2, -0.15) is 0 Å². The molecule has 1 aromatic heterocycles. The van der Waals surface area contributed by atoms with Crippen molar-refractivity contribution in [3.05, 3.63) is 17.6 Å². The summed E-state index contributed by atoms with van der Waals surface area (Å²) in [5, 5.41) is 0. The summed E-state index contributed by atoms with van der Waals surface area (Å²) in [6, 6.07) is 2.03. The van der Waals surface area contributed by atoms with Crippen LogP contribution in [-0.2, 0) is 0 Å². The Morgan fingerprint density at radius 2 is 1.71 bits per heavy atom. The minimum absolute atomic E-state index is 0.573. The quantitative estimate of drug-likeness (QED) is 0.621. The van der Waals surface area contributed by atoms with Gasteiger partial charge in [0.25, 0.3) is 0 Å². The molecule has 0 aliphatic heterocycles. The molecule has 3 rings (SSSR count). The minimum atomic E-state index is 0.573. The molecule has 0 amide bonds. The summed E-state index contributed by atoms with van der Waals surface area (Å²) in [5.41, 5.74) is 3.88. The van der Waals surface area contributed by atoms with E-state index < -0.39 is 0 Å². The number of hydrogen-bond donors (Lipinski definition) is 2. The molecule has 0 unspecified atom stereocenters. The van der Waals surface area contributed by atoms with Crippen molar-refractivity contribution >= 4 is 5.82 Å². The SMILES string of the molecule is NNc1cc(C2CCCC2)nc(C2CCC2)n1. The molecular weight excluding hydrogens is 212 g/mol. The molecule has 1 heterocycles. The van der Waals surface area contributed by atoms with Gasteiger partial charge in [-0.3, -0.25) is 0 Å². The van der Waals surface area contributed by atoms with Crippen LogP contribution in [0.3, 0.4) is 0 Å². The number of rotatable bonds is 3. The van der Waals surface area contributed by atoms with Crippen LogP contribution >= 0.6 is 0 Å². The van der Waals surface area contributed by atoms with Crippen LogP contribution in [0, 0.1) is 0 Å². The smallest absolute Gasteiger partial charge is 0.143 e. The van der Waals surface area contributed by atoms with E-state index in [2.05, 4.69) is 10.4 Å². The standard InChI is InChI=1S/C13H20N4/c14-17-12-8-11(9-4-1-2-5-9)15-13(16-12)10-6-3-7-10/h8-10H,1-7,14H2,(H,15,16,17). The van der Waals surface area contributed by atoms with Crippen LogP contribution < -0.4 is 11.3 Å². The van der Waals surface area contributed by atoms with Crippen LogP contribution in [0.15, 0.2) is 6.07 Å². The Hall–Kier alpha value is -1.16. The molecule has 2 fully saturated rings. The largest absolute Gasteiger partial charge is 0.308 e. The van der Waals surface area contributed by atoms with E-state index in [4.69, 9.17) is 10.8 Å². The number of aromatic nitrogens is 2. The lowest BCUT2D eigenvalue weighted by Gasteiger charge is -2.25. The normalized spacial score (nSPS) is 21.5. The summed E-state index contributed by atoms with van der Waals surface area (Å²) < 4.78 is 0. The molecule has 2 saturated carbocycles. The second kappa shape index (κ2) is 4.61. The second-order valence-electron chi connectivity index (χ2n) is 5.29. The second-order valence-corrected chi connectivity index (χ2v) is 5.29. The van der Waals surface area contributed by atoms with E-state index in [1.165, 1.54) is 50.6 Å². The Labute approximate surface area is 102 Å². The summed E-state index contributed by atoms with van der Waals surface area (Å²) in [4.78, 5) is 9.28. The number of hydrogen-bond acceptors (Lipinski definition) is 4. The molecule has 4 heteroatoms. The molecule has 3 N–H and O–H groups in total. The lowest BCUT2D eigenvalue weighted by atomic mass is 9.84. The van der Waals surface area contributed by atoms with Gasteiger partial charge in [0.15, 0.2) is 0 Å². The van der Waals surface area contributed by atoms with Crippen LogP contribution in [-0.4, -0.2) is 9.97 Å². The molecule has 17 heavy (non-hydrogen) atoms. The Kier molecular flexibility index (Phi) is 2.97. The van der Waals surface area contributed by atoms with Crippen molar-refractivity contribution in [3.63, 3.8) is 0 Å². The van der Waals surface area contributed by atoms with Gasteiger partial charge in [0.1, 0.15) is 11.6 Å². The van der Waals surface area contributed by atoms with Crippen molar-refractivity contribution < 1.29 is 0 Å². The highest BCUT2D eigenvalue weighted by Gasteiger charge is 2.25. The maximum atomic E-state index is 5.51. The van der Waals surface area contributed by atoms with Crippen LogP contribution in [0.1, 0.15) is 68.3 Å². The molecule has 0 aromatic carbocycles. The van der Waals surface area contributed by atoms with E-state index in [0.717, 1.165) is 11.6 Å². The lowest BCUT2D eigenvalue weighted by Crippen LogP contribution is -2.17. The Bertz CT molecular complexity index is 394. The van der Waals surface area contributed by atoms with E-state index in [0.29, 0.717) is 11.8 Å². The first kappa shape index (κ1) is 11.0. The molecule has 0 bridgehead atoms. The Balaban J connectivity index is 1.90. The fourth-order valence-electron chi connectivity index (χ4n) is 2.84. The van der Waals surface area contributed by atoms with E-state index >= 15 is 0 Å². The number of nitrogens with zero attached hydrogens (tertiary/aromatic N) is 2. The van der Waals surface area contributed by atoms with E-state index in [1.807, 2.05) is 6.07 Å². The van der Waals surface area contributed by atoms with Crippen molar-refractivity contribution in [1.82, 2.24) is 9.97 Å². The maximum absolute atomic E-state index is 5.51. The minimum Gasteiger partial charge on any atom is -0.308 e. The first-order valence-corrected chi connectivity index (χ1v) is 6.72. The van der Waals surface area contributed by atoms with Crippen molar-refractivity contribution in [2.45, 2.75) is 56.8 Å².